The number of hydrogen-bond donors (Lipinski definition) is 1. The Bertz CT molecular complexity index is 888. The Labute approximate surface area is 191 Å². The first-order chi connectivity index (χ1) is 15.5. The van der Waals surface area contributed by atoms with Gasteiger partial charge in [-0.25, -0.2) is 4.99 Å². The van der Waals surface area contributed by atoms with Crippen LogP contribution in [0.25, 0.3) is 0 Å². The van der Waals surface area contributed by atoms with Crippen LogP contribution in [0.5, 0.6) is 11.5 Å². The summed E-state index contributed by atoms with van der Waals surface area (Å²) in [6.45, 7) is 10.2. The van der Waals surface area contributed by atoms with Crippen molar-refractivity contribution in [1.29, 1.82) is 0 Å². The molecule has 1 aliphatic heterocycles. The normalized spacial score (nSPS) is 15.2. The fourth-order valence-corrected chi connectivity index (χ4v) is 3.74. The van der Waals surface area contributed by atoms with Crippen molar-refractivity contribution in [2.45, 2.75) is 39.8 Å². The summed E-state index contributed by atoms with van der Waals surface area (Å²) in [7, 11) is 5.39. The summed E-state index contributed by atoms with van der Waals surface area (Å²) in [6, 6.07) is 5.97. The Morgan fingerprint density at radius 2 is 1.91 bits per heavy atom. The van der Waals surface area contributed by atoms with Crippen LogP contribution in [0.2, 0.25) is 0 Å². The third kappa shape index (κ3) is 6.12. The van der Waals surface area contributed by atoms with E-state index in [0.717, 1.165) is 86.8 Å². The molecule has 0 unspecified atom stereocenters. The standard InChI is InChI=1S/C23H37N7O2/c1-6-7-10-24-23(25-16-22-27-26-18(2)28(22)3)30-13-11-29(12-14-30)17-19-15-20(31-4)8-9-21(19)32-5/h8-9,15H,6-7,10-14,16-17H2,1-5H3,(H,24,25). The lowest BCUT2D eigenvalue weighted by Gasteiger charge is -2.36. The third-order valence-electron chi connectivity index (χ3n) is 5.92. The summed E-state index contributed by atoms with van der Waals surface area (Å²) >= 11 is 0. The summed E-state index contributed by atoms with van der Waals surface area (Å²) < 4.78 is 12.9. The zero-order valence-corrected chi connectivity index (χ0v) is 20.1. The highest BCUT2D eigenvalue weighted by molar-refractivity contribution is 5.80. The number of nitrogens with zero attached hydrogens (tertiary/aromatic N) is 6. The molecule has 1 fully saturated rings. The van der Waals surface area contributed by atoms with Crippen LogP contribution in [0.15, 0.2) is 23.2 Å². The molecule has 0 spiro atoms. The van der Waals surface area contributed by atoms with Gasteiger partial charge in [0.1, 0.15) is 23.9 Å². The maximum Gasteiger partial charge on any atom is 0.194 e. The van der Waals surface area contributed by atoms with Crippen molar-refractivity contribution in [2.24, 2.45) is 12.0 Å². The molecule has 0 aliphatic carbocycles. The Morgan fingerprint density at radius 3 is 2.53 bits per heavy atom. The van der Waals surface area contributed by atoms with E-state index in [1.807, 2.05) is 30.7 Å². The second kappa shape index (κ2) is 11.7. The fraction of sp³-hybridized carbons (Fsp3) is 0.609. The molecule has 32 heavy (non-hydrogen) atoms. The van der Waals surface area contributed by atoms with Gasteiger partial charge in [0.05, 0.1) is 14.2 Å². The second-order valence-electron chi connectivity index (χ2n) is 8.08. The number of rotatable bonds is 9. The minimum Gasteiger partial charge on any atom is -0.497 e. The van der Waals surface area contributed by atoms with Gasteiger partial charge >= 0.3 is 0 Å². The van der Waals surface area contributed by atoms with Crippen LogP contribution >= 0.6 is 0 Å². The Hall–Kier alpha value is -2.81. The first-order valence-electron chi connectivity index (χ1n) is 11.4. The SMILES string of the molecule is CCCCNC(=NCc1nnc(C)n1C)N1CCN(Cc2cc(OC)ccc2OC)CC1. The van der Waals surface area contributed by atoms with E-state index in [-0.39, 0.29) is 0 Å². The molecule has 0 amide bonds. The lowest BCUT2D eigenvalue weighted by Crippen LogP contribution is -2.52. The van der Waals surface area contributed by atoms with Crippen LogP contribution in [-0.4, -0.2) is 77.5 Å². The predicted molar refractivity (Wildman–Crippen MR) is 126 cm³/mol. The Balaban J connectivity index is 1.63. The van der Waals surface area contributed by atoms with Gasteiger partial charge < -0.3 is 24.3 Å². The monoisotopic (exact) mass is 443 g/mol. The molecule has 0 radical (unpaired) electrons. The van der Waals surface area contributed by atoms with Crippen LogP contribution in [-0.2, 0) is 20.1 Å². The summed E-state index contributed by atoms with van der Waals surface area (Å²) in [4.78, 5) is 9.67. The van der Waals surface area contributed by atoms with Gasteiger partial charge in [-0.3, -0.25) is 4.90 Å². The quantitative estimate of drug-likeness (QED) is 0.362. The molecule has 9 heteroatoms. The number of aliphatic imine (C=N–C) groups is 1. The number of nitrogens with one attached hydrogen (secondary N) is 1. The average Bonchev–Trinajstić information content (AvgIpc) is 3.14. The molecule has 1 N–H and O–H groups in total. The van der Waals surface area contributed by atoms with Gasteiger partial charge in [0.15, 0.2) is 11.8 Å². The first-order valence-corrected chi connectivity index (χ1v) is 11.4. The zero-order valence-electron chi connectivity index (χ0n) is 20.1. The molecule has 1 saturated heterocycles. The minimum absolute atomic E-state index is 0.521. The van der Waals surface area contributed by atoms with Crippen molar-refractivity contribution in [2.75, 3.05) is 46.9 Å². The smallest absolute Gasteiger partial charge is 0.194 e. The predicted octanol–water partition coefficient (Wildman–Crippen LogP) is 2.20. The van der Waals surface area contributed by atoms with Crippen molar-refractivity contribution < 1.29 is 9.47 Å². The molecule has 2 heterocycles. The molecule has 2 aromatic rings. The molecule has 1 aliphatic rings. The summed E-state index contributed by atoms with van der Waals surface area (Å²) in [5, 5.41) is 11.9. The Morgan fingerprint density at radius 1 is 1.12 bits per heavy atom. The van der Waals surface area contributed by atoms with E-state index in [1.165, 1.54) is 0 Å². The maximum atomic E-state index is 5.55. The van der Waals surface area contributed by atoms with Gasteiger partial charge in [0, 0.05) is 51.9 Å². The van der Waals surface area contributed by atoms with Gasteiger partial charge in [-0.05, 0) is 31.5 Å². The lowest BCUT2D eigenvalue weighted by atomic mass is 10.1. The average molecular weight is 444 g/mol. The highest BCUT2D eigenvalue weighted by Gasteiger charge is 2.21. The molecule has 1 aromatic carbocycles. The number of guanidine groups is 1. The third-order valence-corrected chi connectivity index (χ3v) is 5.92. The molecule has 0 atom stereocenters. The zero-order chi connectivity index (χ0) is 22.9. The summed E-state index contributed by atoms with van der Waals surface area (Å²) in [5.74, 6) is 4.49. The number of methoxy groups -OCH3 is 2. The van der Waals surface area contributed by atoms with Gasteiger partial charge in [-0.15, -0.1) is 10.2 Å². The molecule has 0 bridgehead atoms. The first kappa shape index (κ1) is 23.8. The number of benzene rings is 1. The molecule has 176 valence electrons. The van der Waals surface area contributed by atoms with E-state index in [1.54, 1.807) is 14.2 Å². The van der Waals surface area contributed by atoms with Crippen LogP contribution < -0.4 is 14.8 Å². The maximum absolute atomic E-state index is 5.55. The molecule has 3 rings (SSSR count). The van der Waals surface area contributed by atoms with Crippen LogP contribution in [0, 0.1) is 6.92 Å². The van der Waals surface area contributed by atoms with Gasteiger partial charge in [0.2, 0.25) is 0 Å². The van der Waals surface area contributed by atoms with Gasteiger partial charge in [-0.1, -0.05) is 13.3 Å². The number of hydrogen-bond acceptors (Lipinski definition) is 6. The number of aromatic nitrogens is 3. The lowest BCUT2D eigenvalue weighted by molar-refractivity contribution is 0.170. The highest BCUT2D eigenvalue weighted by Crippen LogP contribution is 2.25. The van der Waals surface area contributed by atoms with Crippen molar-refractivity contribution in [3.63, 3.8) is 0 Å². The van der Waals surface area contributed by atoms with Crippen molar-refractivity contribution in [3.05, 3.63) is 35.4 Å². The van der Waals surface area contributed by atoms with E-state index in [0.29, 0.717) is 6.54 Å². The van der Waals surface area contributed by atoms with Crippen LogP contribution in [0.1, 0.15) is 37.0 Å². The molecule has 0 saturated carbocycles. The van der Waals surface area contributed by atoms with Crippen molar-refractivity contribution in [1.82, 2.24) is 29.9 Å². The number of unbranched alkanes of at least 4 members (excludes halogenated alkanes) is 1. The largest absolute Gasteiger partial charge is 0.497 e. The summed E-state index contributed by atoms with van der Waals surface area (Å²) in [6.07, 6.45) is 2.27. The second-order valence-corrected chi connectivity index (χ2v) is 8.08. The van der Waals surface area contributed by atoms with Crippen LogP contribution in [0.4, 0.5) is 0 Å². The molecular weight excluding hydrogens is 406 g/mol. The molecular formula is C23H37N7O2. The topological polar surface area (TPSA) is 80.0 Å². The highest BCUT2D eigenvalue weighted by atomic mass is 16.5. The van der Waals surface area contributed by atoms with E-state index >= 15 is 0 Å². The van der Waals surface area contributed by atoms with Gasteiger partial charge in [0.25, 0.3) is 0 Å². The van der Waals surface area contributed by atoms with E-state index < -0.39 is 0 Å². The summed E-state index contributed by atoms with van der Waals surface area (Å²) in [5.41, 5.74) is 1.15. The van der Waals surface area contributed by atoms with E-state index in [2.05, 4.69) is 38.3 Å². The van der Waals surface area contributed by atoms with E-state index in [4.69, 9.17) is 14.5 Å². The van der Waals surface area contributed by atoms with Gasteiger partial charge in [-0.2, -0.15) is 0 Å². The number of piperazine rings is 1. The number of aryl methyl sites for hydroxylation is 1. The van der Waals surface area contributed by atoms with Crippen LogP contribution in [0.3, 0.4) is 0 Å². The van der Waals surface area contributed by atoms with Crippen molar-refractivity contribution in [3.8, 4) is 11.5 Å². The Kier molecular flexibility index (Phi) is 8.72. The molecule has 9 nitrogen and oxygen atoms in total. The van der Waals surface area contributed by atoms with E-state index in [9.17, 15) is 0 Å². The fourth-order valence-electron chi connectivity index (χ4n) is 3.74. The van der Waals surface area contributed by atoms with Crippen molar-refractivity contribution >= 4 is 5.96 Å². The molecule has 1 aromatic heterocycles. The minimum atomic E-state index is 0.521. The number of ether oxygens (including phenoxy) is 2.